The Morgan fingerprint density at radius 2 is 2.00 bits per heavy atom. The summed E-state index contributed by atoms with van der Waals surface area (Å²) in [6.07, 6.45) is -2.19. The summed E-state index contributed by atoms with van der Waals surface area (Å²) < 4.78 is 37.9. The van der Waals surface area contributed by atoms with Crippen LogP contribution in [0.2, 0.25) is 0 Å². The van der Waals surface area contributed by atoms with Crippen LogP contribution in [0.1, 0.15) is 26.2 Å². The quantitative estimate of drug-likeness (QED) is 0.790. The van der Waals surface area contributed by atoms with Crippen LogP contribution in [0.4, 0.5) is 13.2 Å². The molecule has 1 saturated heterocycles. The molecule has 1 aliphatic heterocycles. The van der Waals surface area contributed by atoms with Crippen molar-refractivity contribution in [2.75, 3.05) is 26.7 Å². The van der Waals surface area contributed by atoms with Crippen LogP contribution in [0.15, 0.2) is 0 Å². The Balaban J connectivity index is 2.36. The SMILES string of the molecule is CCCN(C)CCC1NCCC1C(F)(F)F. The highest BCUT2D eigenvalue weighted by atomic mass is 19.4. The van der Waals surface area contributed by atoms with Gasteiger partial charge in [-0.3, -0.25) is 0 Å². The molecule has 1 rings (SSSR count). The predicted octanol–water partition coefficient (Wildman–Crippen LogP) is 2.26. The highest BCUT2D eigenvalue weighted by Gasteiger charge is 2.46. The van der Waals surface area contributed by atoms with Crippen LogP contribution in [0.3, 0.4) is 0 Å². The van der Waals surface area contributed by atoms with Crippen LogP contribution in [-0.2, 0) is 0 Å². The highest BCUT2D eigenvalue weighted by molar-refractivity contribution is 4.88. The van der Waals surface area contributed by atoms with Crippen LogP contribution in [0.5, 0.6) is 0 Å². The Morgan fingerprint density at radius 1 is 1.31 bits per heavy atom. The largest absolute Gasteiger partial charge is 0.393 e. The minimum Gasteiger partial charge on any atom is -0.313 e. The lowest BCUT2D eigenvalue weighted by atomic mass is 9.97. The molecule has 0 spiro atoms. The summed E-state index contributed by atoms with van der Waals surface area (Å²) in [5.41, 5.74) is 0. The van der Waals surface area contributed by atoms with E-state index in [0.29, 0.717) is 13.0 Å². The van der Waals surface area contributed by atoms with Crippen LogP contribution < -0.4 is 5.32 Å². The van der Waals surface area contributed by atoms with Crippen molar-refractivity contribution in [2.24, 2.45) is 5.92 Å². The van der Waals surface area contributed by atoms with Gasteiger partial charge < -0.3 is 10.2 Å². The van der Waals surface area contributed by atoms with Crippen molar-refractivity contribution in [3.63, 3.8) is 0 Å². The summed E-state index contributed by atoms with van der Waals surface area (Å²) >= 11 is 0. The van der Waals surface area contributed by atoms with Crippen LogP contribution in [-0.4, -0.2) is 43.8 Å². The Labute approximate surface area is 95.2 Å². The number of rotatable bonds is 5. The second kappa shape index (κ2) is 5.87. The van der Waals surface area contributed by atoms with Crippen LogP contribution in [0, 0.1) is 5.92 Å². The second-order valence-electron chi connectivity index (χ2n) is 4.59. The predicted molar refractivity (Wildman–Crippen MR) is 58.4 cm³/mol. The molecule has 0 aromatic carbocycles. The van der Waals surface area contributed by atoms with Gasteiger partial charge in [0.25, 0.3) is 0 Å². The lowest BCUT2D eigenvalue weighted by molar-refractivity contribution is -0.176. The molecule has 0 aliphatic carbocycles. The molecule has 0 amide bonds. The molecule has 0 bridgehead atoms. The van der Waals surface area contributed by atoms with E-state index < -0.39 is 12.1 Å². The molecule has 0 aromatic rings. The standard InChI is InChI=1S/C11H21F3N2/c1-3-7-16(2)8-5-10-9(4-6-15-10)11(12,13)14/h9-10,15H,3-8H2,1-2H3. The molecule has 1 aliphatic rings. The van der Waals surface area contributed by atoms with Crippen molar-refractivity contribution in [3.8, 4) is 0 Å². The Hall–Kier alpha value is -0.290. The zero-order chi connectivity index (χ0) is 12.2. The van der Waals surface area contributed by atoms with E-state index in [2.05, 4.69) is 17.1 Å². The van der Waals surface area contributed by atoms with Gasteiger partial charge in [-0.05, 0) is 45.9 Å². The van der Waals surface area contributed by atoms with E-state index in [1.807, 2.05) is 7.05 Å². The van der Waals surface area contributed by atoms with E-state index in [0.717, 1.165) is 19.5 Å². The lowest BCUT2D eigenvalue weighted by Crippen LogP contribution is -2.38. The molecule has 0 aromatic heterocycles. The number of halogens is 3. The average Bonchev–Trinajstić information content (AvgIpc) is 2.62. The van der Waals surface area contributed by atoms with Crippen molar-refractivity contribution in [1.29, 1.82) is 0 Å². The first kappa shape index (κ1) is 13.8. The third kappa shape index (κ3) is 3.94. The van der Waals surface area contributed by atoms with Gasteiger partial charge in [-0.25, -0.2) is 0 Å². The Kier molecular flexibility index (Phi) is 5.05. The molecule has 2 nitrogen and oxygen atoms in total. The van der Waals surface area contributed by atoms with Gasteiger partial charge in [0, 0.05) is 6.04 Å². The van der Waals surface area contributed by atoms with E-state index in [4.69, 9.17) is 0 Å². The molecule has 96 valence electrons. The summed E-state index contributed by atoms with van der Waals surface area (Å²) in [4.78, 5) is 2.09. The lowest BCUT2D eigenvalue weighted by Gasteiger charge is -2.24. The summed E-state index contributed by atoms with van der Waals surface area (Å²) in [6.45, 7) is 4.25. The fourth-order valence-corrected chi connectivity index (χ4v) is 2.32. The fourth-order valence-electron chi connectivity index (χ4n) is 2.32. The van der Waals surface area contributed by atoms with E-state index in [9.17, 15) is 13.2 Å². The second-order valence-corrected chi connectivity index (χ2v) is 4.59. The van der Waals surface area contributed by atoms with Gasteiger partial charge >= 0.3 is 6.18 Å². The monoisotopic (exact) mass is 238 g/mol. The summed E-state index contributed by atoms with van der Waals surface area (Å²) in [5, 5.41) is 2.96. The smallest absolute Gasteiger partial charge is 0.313 e. The molecule has 16 heavy (non-hydrogen) atoms. The van der Waals surface area contributed by atoms with Crippen molar-refractivity contribution in [2.45, 2.75) is 38.4 Å². The first-order chi connectivity index (χ1) is 7.45. The van der Waals surface area contributed by atoms with Gasteiger partial charge in [-0.2, -0.15) is 13.2 Å². The number of hydrogen-bond acceptors (Lipinski definition) is 2. The minimum absolute atomic E-state index is 0.228. The van der Waals surface area contributed by atoms with E-state index in [-0.39, 0.29) is 12.5 Å². The summed E-state index contributed by atoms with van der Waals surface area (Å²) in [6, 6.07) is -0.390. The van der Waals surface area contributed by atoms with E-state index in [1.165, 1.54) is 0 Å². The van der Waals surface area contributed by atoms with Gasteiger partial charge in [0.15, 0.2) is 0 Å². The third-order valence-corrected chi connectivity index (χ3v) is 3.20. The third-order valence-electron chi connectivity index (χ3n) is 3.20. The molecule has 2 atom stereocenters. The molecule has 0 radical (unpaired) electrons. The van der Waals surface area contributed by atoms with Crippen molar-refractivity contribution in [1.82, 2.24) is 10.2 Å². The summed E-state index contributed by atoms with van der Waals surface area (Å²) in [7, 11) is 1.96. The first-order valence-corrected chi connectivity index (χ1v) is 5.93. The molecule has 0 saturated carbocycles. The number of nitrogens with one attached hydrogen (secondary N) is 1. The topological polar surface area (TPSA) is 15.3 Å². The van der Waals surface area contributed by atoms with Crippen molar-refractivity contribution in [3.05, 3.63) is 0 Å². The zero-order valence-electron chi connectivity index (χ0n) is 9.98. The molecular weight excluding hydrogens is 217 g/mol. The maximum absolute atomic E-state index is 12.6. The number of nitrogens with zero attached hydrogens (tertiary/aromatic N) is 1. The molecule has 5 heteroatoms. The molecule has 1 heterocycles. The average molecular weight is 238 g/mol. The maximum atomic E-state index is 12.6. The minimum atomic E-state index is -4.04. The molecule has 2 unspecified atom stereocenters. The fraction of sp³-hybridized carbons (Fsp3) is 1.00. The zero-order valence-corrected chi connectivity index (χ0v) is 9.98. The molecule has 1 N–H and O–H groups in total. The highest BCUT2D eigenvalue weighted by Crippen LogP contribution is 2.35. The van der Waals surface area contributed by atoms with E-state index >= 15 is 0 Å². The summed E-state index contributed by atoms with van der Waals surface area (Å²) in [5.74, 6) is -1.15. The van der Waals surface area contributed by atoms with Gasteiger partial charge in [-0.1, -0.05) is 6.92 Å². The normalized spacial score (nSPS) is 26.6. The van der Waals surface area contributed by atoms with Crippen LogP contribution >= 0.6 is 0 Å². The maximum Gasteiger partial charge on any atom is 0.393 e. The molecule has 1 fully saturated rings. The Bertz CT molecular complexity index is 206. The van der Waals surface area contributed by atoms with Gasteiger partial charge in [0.2, 0.25) is 0 Å². The Morgan fingerprint density at radius 3 is 2.56 bits per heavy atom. The first-order valence-electron chi connectivity index (χ1n) is 5.93. The van der Waals surface area contributed by atoms with Gasteiger partial charge in [-0.15, -0.1) is 0 Å². The van der Waals surface area contributed by atoms with Crippen molar-refractivity contribution >= 4 is 0 Å². The van der Waals surface area contributed by atoms with Gasteiger partial charge in [0.05, 0.1) is 5.92 Å². The van der Waals surface area contributed by atoms with Gasteiger partial charge in [0.1, 0.15) is 0 Å². The van der Waals surface area contributed by atoms with E-state index in [1.54, 1.807) is 0 Å². The van der Waals surface area contributed by atoms with Crippen molar-refractivity contribution < 1.29 is 13.2 Å². The van der Waals surface area contributed by atoms with Crippen LogP contribution in [0.25, 0.3) is 0 Å². The molecular formula is C11H21F3N2. The number of alkyl halides is 3. The number of hydrogen-bond donors (Lipinski definition) is 1.